The second-order valence-electron chi connectivity index (χ2n) is 6.05. The molecule has 1 amide bonds. The average Bonchev–Trinajstić information content (AvgIpc) is 2.58. The molecule has 0 unspecified atom stereocenters. The van der Waals surface area contributed by atoms with E-state index in [0.717, 1.165) is 17.1 Å². The monoisotopic (exact) mass is 361 g/mol. The van der Waals surface area contributed by atoms with Crippen molar-refractivity contribution in [1.82, 2.24) is 4.90 Å². The molecule has 0 atom stereocenters. The summed E-state index contributed by atoms with van der Waals surface area (Å²) >= 11 is 6.03. The summed E-state index contributed by atoms with van der Waals surface area (Å²) < 4.78 is 11.0. The highest BCUT2D eigenvalue weighted by Crippen LogP contribution is 2.24. The van der Waals surface area contributed by atoms with E-state index in [1.165, 1.54) is 11.1 Å². The Kier molecular flexibility index (Phi) is 6.71. The fourth-order valence-corrected chi connectivity index (χ4v) is 2.66. The van der Waals surface area contributed by atoms with Crippen molar-refractivity contribution in [3.63, 3.8) is 0 Å². The molecule has 134 valence electrons. The molecule has 0 aliphatic carbocycles. The van der Waals surface area contributed by atoms with Crippen LogP contribution >= 0.6 is 11.6 Å². The van der Waals surface area contributed by atoms with Crippen molar-refractivity contribution in [3.05, 3.63) is 58.1 Å². The standard InChI is InChI=1S/C20H24ClNO3/c1-14-5-7-18(11-15(14)2)25-10-9-20(23)22(3)13-16-12-17(21)6-8-19(16)24-4/h5-8,11-12H,9-10,13H2,1-4H3. The summed E-state index contributed by atoms with van der Waals surface area (Å²) in [5.41, 5.74) is 3.27. The van der Waals surface area contributed by atoms with Crippen molar-refractivity contribution in [2.45, 2.75) is 26.8 Å². The minimum Gasteiger partial charge on any atom is -0.496 e. The summed E-state index contributed by atoms with van der Waals surface area (Å²) in [6.45, 7) is 4.88. The smallest absolute Gasteiger partial charge is 0.226 e. The van der Waals surface area contributed by atoms with Crippen LogP contribution in [0.1, 0.15) is 23.1 Å². The summed E-state index contributed by atoms with van der Waals surface area (Å²) in [7, 11) is 3.37. The molecule has 5 heteroatoms. The molecule has 0 radical (unpaired) electrons. The Morgan fingerprint density at radius 3 is 2.56 bits per heavy atom. The number of hydrogen-bond donors (Lipinski definition) is 0. The van der Waals surface area contributed by atoms with Crippen molar-refractivity contribution >= 4 is 17.5 Å². The van der Waals surface area contributed by atoms with Gasteiger partial charge in [0.05, 0.1) is 20.1 Å². The SMILES string of the molecule is COc1ccc(Cl)cc1CN(C)C(=O)CCOc1ccc(C)c(C)c1. The van der Waals surface area contributed by atoms with Crippen LogP contribution in [0.25, 0.3) is 0 Å². The number of ether oxygens (including phenoxy) is 2. The van der Waals surface area contributed by atoms with Crippen molar-refractivity contribution in [2.24, 2.45) is 0 Å². The van der Waals surface area contributed by atoms with Crippen LogP contribution in [0.4, 0.5) is 0 Å². The van der Waals surface area contributed by atoms with Crippen LogP contribution in [0.3, 0.4) is 0 Å². The van der Waals surface area contributed by atoms with Gasteiger partial charge in [-0.1, -0.05) is 17.7 Å². The molecule has 2 aromatic carbocycles. The van der Waals surface area contributed by atoms with Crippen molar-refractivity contribution < 1.29 is 14.3 Å². The zero-order chi connectivity index (χ0) is 18.4. The number of rotatable bonds is 7. The Morgan fingerprint density at radius 1 is 1.12 bits per heavy atom. The Balaban J connectivity index is 1.88. The third-order valence-electron chi connectivity index (χ3n) is 4.14. The predicted molar refractivity (Wildman–Crippen MR) is 101 cm³/mol. The molecular weight excluding hydrogens is 338 g/mol. The van der Waals surface area contributed by atoms with Gasteiger partial charge in [-0.05, 0) is 55.3 Å². The maximum absolute atomic E-state index is 12.3. The molecule has 0 N–H and O–H groups in total. The van der Waals surface area contributed by atoms with Crippen LogP contribution in [0.15, 0.2) is 36.4 Å². The van der Waals surface area contributed by atoms with Gasteiger partial charge in [0, 0.05) is 24.2 Å². The molecule has 2 rings (SSSR count). The van der Waals surface area contributed by atoms with Crippen molar-refractivity contribution in [3.8, 4) is 11.5 Å². The Hall–Kier alpha value is -2.20. The van der Waals surface area contributed by atoms with Crippen LogP contribution in [-0.2, 0) is 11.3 Å². The quantitative estimate of drug-likeness (QED) is 0.734. The van der Waals surface area contributed by atoms with Gasteiger partial charge in [0.25, 0.3) is 0 Å². The molecule has 0 spiro atoms. The molecular formula is C20H24ClNO3. The van der Waals surface area contributed by atoms with E-state index in [1.54, 1.807) is 31.2 Å². The van der Waals surface area contributed by atoms with E-state index in [-0.39, 0.29) is 5.91 Å². The van der Waals surface area contributed by atoms with E-state index in [4.69, 9.17) is 21.1 Å². The van der Waals surface area contributed by atoms with E-state index in [1.807, 2.05) is 31.2 Å². The first-order valence-electron chi connectivity index (χ1n) is 8.17. The molecule has 0 aliphatic rings. The molecule has 0 aliphatic heterocycles. The molecule has 0 saturated carbocycles. The summed E-state index contributed by atoms with van der Waals surface area (Å²) in [6, 6.07) is 11.3. The maximum Gasteiger partial charge on any atom is 0.226 e. The van der Waals surface area contributed by atoms with Gasteiger partial charge in [0.1, 0.15) is 11.5 Å². The Labute approximate surface area is 154 Å². The highest BCUT2D eigenvalue weighted by molar-refractivity contribution is 6.30. The number of carbonyl (C=O) groups excluding carboxylic acids is 1. The van der Waals surface area contributed by atoms with Gasteiger partial charge in [-0.3, -0.25) is 4.79 Å². The molecule has 4 nitrogen and oxygen atoms in total. The molecule has 0 heterocycles. The first-order chi connectivity index (χ1) is 11.9. The largest absolute Gasteiger partial charge is 0.496 e. The van der Waals surface area contributed by atoms with Crippen molar-refractivity contribution in [1.29, 1.82) is 0 Å². The fourth-order valence-electron chi connectivity index (χ4n) is 2.47. The topological polar surface area (TPSA) is 38.8 Å². The number of aryl methyl sites for hydroxylation is 2. The number of amides is 1. The number of carbonyl (C=O) groups is 1. The fraction of sp³-hybridized carbons (Fsp3) is 0.350. The number of benzene rings is 2. The maximum atomic E-state index is 12.3. The van der Waals surface area contributed by atoms with Gasteiger partial charge in [0.15, 0.2) is 0 Å². The molecule has 0 fully saturated rings. The van der Waals surface area contributed by atoms with Crippen molar-refractivity contribution in [2.75, 3.05) is 20.8 Å². The van der Waals surface area contributed by atoms with Crippen LogP contribution in [-0.4, -0.2) is 31.6 Å². The Morgan fingerprint density at radius 2 is 1.88 bits per heavy atom. The number of hydrogen-bond acceptors (Lipinski definition) is 3. The van der Waals surface area contributed by atoms with Gasteiger partial charge in [0.2, 0.25) is 5.91 Å². The van der Waals surface area contributed by atoms with Gasteiger partial charge < -0.3 is 14.4 Å². The summed E-state index contributed by atoms with van der Waals surface area (Å²) in [5, 5.41) is 0.620. The number of halogens is 1. The lowest BCUT2D eigenvalue weighted by atomic mass is 10.1. The van der Waals surface area contributed by atoms with Crippen LogP contribution in [0.2, 0.25) is 5.02 Å². The van der Waals surface area contributed by atoms with Gasteiger partial charge in [-0.15, -0.1) is 0 Å². The third kappa shape index (κ3) is 5.40. The van der Waals surface area contributed by atoms with Gasteiger partial charge in [-0.2, -0.15) is 0 Å². The minimum atomic E-state index is 0.00543. The molecule has 25 heavy (non-hydrogen) atoms. The van der Waals surface area contributed by atoms with Crippen LogP contribution in [0, 0.1) is 13.8 Å². The minimum absolute atomic E-state index is 0.00543. The normalized spacial score (nSPS) is 10.4. The second kappa shape index (κ2) is 8.77. The predicted octanol–water partition coefficient (Wildman–Crippen LogP) is 4.39. The van der Waals surface area contributed by atoms with E-state index in [9.17, 15) is 4.79 Å². The Bertz CT molecular complexity index is 746. The molecule has 2 aromatic rings. The van der Waals surface area contributed by atoms with Gasteiger partial charge in [-0.25, -0.2) is 0 Å². The second-order valence-corrected chi connectivity index (χ2v) is 6.49. The first-order valence-corrected chi connectivity index (χ1v) is 8.55. The highest BCUT2D eigenvalue weighted by atomic mass is 35.5. The third-order valence-corrected chi connectivity index (χ3v) is 4.37. The molecule has 0 bridgehead atoms. The van der Waals surface area contributed by atoms with Crippen LogP contribution in [0.5, 0.6) is 11.5 Å². The molecule has 0 saturated heterocycles. The summed E-state index contributed by atoms with van der Waals surface area (Å²) in [6.07, 6.45) is 0.312. The average molecular weight is 362 g/mol. The van der Waals surface area contributed by atoms with E-state index >= 15 is 0 Å². The van der Waals surface area contributed by atoms with E-state index in [2.05, 4.69) is 6.92 Å². The molecule has 0 aromatic heterocycles. The zero-order valence-electron chi connectivity index (χ0n) is 15.1. The van der Waals surface area contributed by atoms with Gasteiger partial charge >= 0.3 is 0 Å². The van der Waals surface area contributed by atoms with Crippen LogP contribution < -0.4 is 9.47 Å². The summed E-state index contributed by atoms with van der Waals surface area (Å²) in [4.78, 5) is 14.0. The van der Waals surface area contributed by atoms with E-state index in [0.29, 0.717) is 24.6 Å². The first kappa shape index (κ1) is 19.1. The summed E-state index contributed by atoms with van der Waals surface area (Å²) in [5.74, 6) is 1.51. The zero-order valence-corrected chi connectivity index (χ0v) is 15.9. The number of methoxy groups -OCH3 is 1. The lowest BCUT2D eigenvalue weighted by molar-refractivity contribution is -0.130. The lowest BCUT2D eigenvalue weighted by Crippen LogP contribution is -2.27. The highest BCUT2D eigenvalue weighted by Gasteiger charge is 2.13. The van der Waals surface area contributed by atoms with E-state index < -0.39 is 0 Å². The number of nitrogens with zero attached hydrogens (tertiary/aromatic N) is 1. The lowest BCUT2D eigenvalue weighted by Gasteiger charge is -2.19.